The van der Waals surface area contributed by atoms with E-state index >= 15 is 0 Å². The maximum Gasteiger partial charge on any atom is 0.253 e. The molecular formula is C25H28N2O4. The summed E-state index contributed by atoms with van der Waals surface area (Å²) in [6.45, 7) is 6.81. The zero-order valence-corrected chi connectivity index (χ0v) is 18.4. The van der Waals surface area contributed by atoms with Crippen molar-refractivity contribution in [3.8, 4) is 16.9 Å². The molecule has 0 aliphatic rings. The molecule has 1 amide bonds. The summed E-state index contributed by atoms with van der Waals surface area (Å²) < 4.78 is 10.6. The van der Waals surface area contributed by atoms with Gasteiger partial charge in [-0.25, -0.2) is 0 Å². The second kappa shape index (κ2) is 10.1. The molecule has 3 rings (SSSR count). The van der Waals surface area contributed by atoms with Gasteiger partial charge in [-0.3, -0.25) is 9.59 Å². The Balaban J connectivity index is 1.75. The summed E-state index contributed by atoms with van der Waals surface area (Å²) in [5.41, 5.74) is 5.43. The van der Waals surface area contributed by atoms with Gasteiger partial charge in [-0.1, -0.05) is 24.3 Å². The minimum atomic E-state index is -0.210. The van der Waals surface area contributed by atoms with Crippen LogP contribution in [0.5, 0.6) is 5.75 Å². The van der Waals surface area contributed by atoms with Crippen LogP contribution < -0.4 is 15.6 Å². The molecule has 6 heteroatoms. The minimum absolute atomic E-state index is 0.170. The van der Waals surface area contributed by atoms with E-state index in [-0.39, 0.29) is 18.0 Å². The first-order valence-corrected chi connectivity index (χ1v) is 10.2. The van der Waals surface area contributed by atoms with Crippen molar-refractivity contribution in [1.82, 2.24) is 10.3 Å². The third-order valence-corrected chi connectivity index (χ3v) is 5.15. The van der Waals surface area contributed by atoms with Gasteiger partial charge in [-0.2, -0.15) is 0 Å². The smallest absolute Gasteiger partial charge is 0.253 e. The Kier molecular flexibility index (Phi) is 7.26. The SMILES string of the molecule is COCCOc1ccc(-c2ccc(C)c(C(=O)NCc3c(C)cc(C)[nH]c3=O)c2)cc1. The average Bonchev–Trinajstić information content (AvgIpc) is 2.74. The van der Waals surface area contributed by atoms with E-state index in [0.717, 1.165) is 33.7 Å². The van der Waals surface area contributed by atoms with Gasteiger partial charge in [0, 0.05) is 30.5 Å². The van der Waals surface area contributed by atoms with Gasteiger partial charge in [-0.05, 0) is 67.3 Å². The Morgan fingerprint density at radius 1 is 0.935 bits per heavy atom. The molecule has 2 N–H and O–H groups in total. The number of ether oxygens (including phenoxy) is 2. The van der Waals surface area contributed by atoms with E-state index in [1.165, 1.54) is 0 Å². The Labute approximate surface area is 182 Å². The number of benzene rings is 2. The largest absolute Gasteiger partial charge is 0.491 e. The minimum Gasteiger partial charge on any atom is -0.491 e. The Morgan fingerprint density at radius 2 is 1.65 bits per heavy atom. The first kappa shape index (κ1) is 22.3. The number of hydrogen-bond acceptors (Lipinski definition) is 4. The molecule has 162 valence electrons. The van der Waals surface area contributed by atoms with Crippen molar-refractivity contribution in [1.29, 1.82) is 0 Å². The number of carbonyl (C=O) groups is 1. The van der Waals surface area contributed by atoms with Crippen LogP contribution in [0.15, 0.2) is 53.3 Å². The second-order valence-electron chi connectivity index (χ2n) is 7.52. The van der Waals surface area contributed by atoms with Crippen LogP contribution in [0.1, 0.15) is 32.7 Å². The van der Waals surface area contributed by atoms with Crippen LogP contribution in [0.2, 0.25) is 0 Å². The van der Waals surface area contributed by atoms with Crippen molar-refractivity contribution in [3.63, 3.8) is 0 Å². The highest BCUT2D eigenvalue weighted by molar-refractivity contribution is 5.96. The summed E-state index contributed by atoms with van der Waals surface area (Å²) >= 11 is 0. The Hall–Kier alpha value is -3.38. The quantitative estimate of drug-likeness (QED) is 0.541. The topological polar surface area (TPSA) is 80.4 Å². The lowest BCUT2D eigenvalue weighted by atomic mass is 9.99. The predicted octanol–water partition coefficient (Wildman–Crippen LogP) is 3.92. The lowest BCUT2D eigenvalue weighted by Crippen LogP contribution is -2.28. The second-order valence-corrected chi connectivity index (χ2v) is 7.52. The molecule has 0 aliphatic heterocycles. The van der Waals surface area contributed by atoms with E-state index in [4.69, 9.17) is 9.47 Å². The summed E-state index contributed by atoms with van der Waals surface area (Å²) in [4.78, 5) is 27.8. The third kappa shape index (κ3) is 5.61. The molecule has 1 heterocycles. The summed E-state index contributed by atoms with van der Waals surface area (Å²) in [6.07, 6.45) is 0. The summed E-state index contributed by atoms with van der Waals surface area (Å²) in [7, 11) is 1.64. The summed E-state index contributed by atoms with van der Waals surface area (Å²) in [5, 5.41) is 2.88. The molecule has 0 fully saturated rings. The Bertz CT molecular complexity index is 1120. The number of methoxy groups -OCH3 is 1. The maximum atomic E-state index is 12.9. The first-order valence-electron chi connectivity index (χ1n) is 10.2. The number of H-pyrrole nitrogens is 1. The average molecular weight is 421 g/mol. The van der Waals surface area contributed by atoms with E-state index in [1.807, 2.05) is 69.3 Å². The molecule has 1 aromatic heterocycles. The molecule has 0 radical (unpaired) electrons. The van der Waals surface area contributed by atoms with Crippen LogP contribution in [0.3, 0.4) is 0 Å². The van der Waals surface area contributed by atoms with E-state index < -0.39 is 0 Å². The number of nitrogens with one attached hydrogen (secondary N) is 2. The number of rotatable bonds is 8. The molecule has 0 unspecified atom stereocenters. The van der Waals surface area contributed by atoms with E-state index in [9.17, 15) is 9.59 Å². The van der Waals surface area contributed by atoms with E-state index in [2.05, 4.69) is 10.3 Å². The van der Waals surface area contributed by atoms with Crippen molar-refractivity contribution < 1.29 is 14.3 Å². The zero-order valence-electron chi connectivity index (χ0n) is 18.4. The fourth-order valence-electron chi connectivity index (χ4n) is 3.40. The molecule has 0 bridgehead atoms. The standard InChI is InChI=1S/C25H28N2O4/c1-16-5-6-20(19-7-9-21(10-8-19)31-12-11-30-4)14-22(16)24(28)26-15-23-17(2)13-18(3)27-25(23)29/h5-10,13-14H,11-12,15H2,1-4H3,(H,26,28)(H,27,29). The molecule has 0 atom stereocenters. The van der Waals surface area contributed by atoms with E-state index in [1.54, 1.807) is 7.11 Å². The molecule has 0 aliphatic carbocycles. The first-order chi connectivity index (χ1) is 14.9. The number of carbonyl (C=O) groups excluding carboxylic acids is 1. The lowest BCUT2D eigenvalue weighted by Gasteiger charge is -2.12. The zero-order chi connectivity index (χ0) is 22.4. The molecule has 31 heavy (non-hydrogen) atoms. The number of pyridine rings is 1. The maximum absolute atomic E-state index is 12.9. The lowest BCUT2D eigenvalue weighted by molar-refractivity contribution is 0.0950. The van der Waals surface area contributed by atoms with Crippen molar-refractivity contribution in [2.24, 2.45) is 0 Å². The van der Waals surface area contributed by atoms with Crippen molar-refractivity contribution >= 4 is 5.91 Å². The van der Waals surface area contributed by atoms with Crippen molar-refractivity contribution in [2.45, 2.75) is 27.3 Å². The van der Waals surface area contributed by atoms with Crippen molar-refractivity contribution in [3.05, 3.63) is 86.8 Å². The fourth-order valence-corrected chi connectivity index (χ4v) is 3.40. The van der Waals surface area contributed by atoms with Gasteiger partial charge in [0.15, 0.2) is 0 Å². The number of hydrogen-bond donors (Lipinski definition) is 2. The van der Waals surface area contributed by atoms with E-state index in [0.29, 0.717) is 24.3 Å². The van der Waals surface area contributed by atoms with Crippen LogP contribution in [0.25, 0.3) is 11.1 Å². The third-order valence-electron chi connectivity index (χ3n) is 5.15. The predicted molar refractivity (Wildman–Crippen MR) is 122 cm³/mol. The molecular weight excluding hydrogens is 392 g/mol. The van der Waals surface area contributed by atoms with Crippen LogP contribution in [-0.4, -0.2) is 31.2 Å². The van der Waals surface area contributed by atoms with Gasteiger partial charge in [0.25, 0.3) is 11.5 Å². The van der Waals surface area contributed by atoms with Gasteiger partial charge in [0.05, 0.1) is 6.61 Å². The van der Waals surface area contributed by atoms with Crippen LogP contribution in [-0.2, 0) is 11.3 Å². The molecule has 0 saturated carbocycles. The normalized spacial score (nSPS) is 10.7. The summed E-state index contributed by atoms with van der Waals surface area (Å²) in [5.74, 6) is 0.558. The molecule has 0 saturated heterocycles. The molecule has 6 nitrogen and oxygen atoms in total. The number of aromatic amines is 1. The van der Waals surface area contributed by atoms with Crippen LogP contribution in [0.4, 0.5) is 0 Å². The molecule has 3 aromatic rings. The van der Waals surface area contributed by atoms with Gasteiger partial charge in [0.1, 0.15) is 12.4 Å². The highest BCUT2D eigenvalue weighted by atomic mass is 16.5. The fraction of sp³-hybridized carbons (Fsp3) is 0.280. The van der Waals surface area contributed by atoms with Gasteiger partial charge >= 0.3 is 0 Å². The van der Waals surface area contributed by atoms with Gasteiger partial charge in [-0.15, -0.1) is 0 Å². The van der Waals surface area contributed by atoms with Gasteiger partial charge in [0.2, 0.25) is 0 Å². The highest BCUT2D eigenvalue weighted by Gasteiger charge is 2.13. The molecule has 2 aromatic carbocycles. The molecule has 0 spiro atoms. The number of aromatic nitrogens is 1. The number of aryl methyl sites for hydroxylation is 3. The highest BCUT2D eigenvalue weighted by Crippen LogP contribution is 2.25. The van der Waals surface area contributed by atoms with Gasteiger partial charge < -0.3 is 19.8 Å². The summed E-state index contributed by atoms with van der Waals surface area (Å²) in [6, 6.07) is 15.4. The van der Waals surface area contributed by atoms with Crippen LogP contribution >= 0.6 is 0 Å². The van der Waals surface area contributed by atoms with Crippen molar-refractivity contribution in [2.75, 3.05) is 20.3 Å². The number of amides is 1. The van der Waals surface area contributed by atoms with Crippen LogP contribution in [0, 0.1) is 20.8 Å². The monoisotopic (exact) mass is 420 g/mol. The Morgan fingerprint density at radius 3 is 2.32 bits per heavy atom.